The highest BCUT2D eigenvalue weighted by Gasteiger charge is 2.19. The van der Waals surface area contributed by atoms with Gasteiger partial charge in [0.1, 0.15) is 5.69 Å². The van der Waals surface area contributed by atoms with Crippen molar-refractivity contribution in [2.24, 2.45) is 0 Å². The molecule has 0 aromatic heterocycles. The lowest BCUT2D eigenvalue weighted by Crippen LogP contribution is -2.24. The van der Waals surface area contributed by atoms with Crippen molar-refractivity contribution in [2.75, 3.05) is 18.0 Å². The van der Waals surface area contributed by atoms with E-state index in [-0.39, 0.29) is 11.5 Å². The third kappa shape index (κ3) is 3.06. The summed E-state index contributed by atoms with van der Waals surface area (Å²) in [5.74, 6) is -0.164. The average molecular weight is 250 g/mol. The lowest BCUT2D eigenvalue weighted by Gasteiger charge is -2.22. The molecule has 0 spiro atoms. The summed E-state index contributed by atoms with van der Waals surface area (Å²) < 4.78 is 0. The summed E-state index contributed by atoms with van der Waals surface area (Å²) in [6, 6.07) is 4.66. The van der Waals surface area contributed by atoms with E-state index in [0.717, 1.165) is 13.0 Å². The molecule has 0 fully saturated rings. The van der Waals surface area contributed by atoms with Crippen molar-refractivity contribution in [1.82, 2.24) is 0 Å². The molecule has 0 unspecified atom stereocenters. The lowest BCUT2D eigenvalue weighted by molar-refractivity contribution is -0.384. The molecule has 1 aromatic carbocycles. The number of hydrogen-bond acceptors (Lipinski definition) is 4. The molecule has 0 amide bonds. The van der Waals surface area contributed by atoms with Crippen LogP contribution in [0.15, 0.2) is 18.2 Å². The number of rotatable bonds is 6. The van der Waals surface area contributed by atoms with Gasteiger partial charge in [-0.2, -0.15) is 0 Å². The zero-order valence-corrected chi connectivity index (χ0v) is 11.0. The Morgan fingerprint density at radius 3 is 2.50 bits per heavy atom. The second-order valence-corrected chi connectivity index (χ2v) is 4.10. The van der Waals surface area contributed by atoms with Crippen molar-refractivity contribution in [3.8, 4) is 0 Å². The number of nitro benzene ring substituents is 1. The normalized spacial score (nSPS) is 10.2. The number of carbonyl (C=O) groups excluding carboxylic acids is 1. The molecule has 0 bridgehead atoms. The number of hydrogen-bond donors (Lipinski definition) is 0. The Hall–Kier alpha value is -1.91. The molecule has 98 valence electrons. The molecule has 5 nitrogen and oxygen atoms in total. The summed E-state index contributed by atoms with van der Waals surface area (Å²) in [5.41, 5.74) is 0.949. The maximum absolute atomic E-state index is 11.3. The molecule has 18 heavy (non-hydrogen) atoms. The highest BCUT2D eigenvalue weighted by Crippen LogP contribution is 2.29. The molecule has 0 atom stereocenters. The van der Waals surface area contributed by atoms with Crippen LogP contribution < -0.4 is 4.90 Å². The van der Waals surface area contributed by atoms with Crippen molar-refractivity contribution in [3.63, 3.8) is 0 Å². The van der Waals surface area contributed by atoms with Gasteiger partial charge in [-0.05, 0) is 32.4 Å². The van der Waals surface area contributed by atoms with Gasteiger partial charge in [-0.25, -0.2) is 0 Å². The van der Waals surface area contributed by atoms with Crippen LogP contribution in [0.25, 0.3) is 0 Å². The molecule has 0 aliphatic heterocycles. The van der Waals surface area contributed by atoms with E-state index in [9.17, 15) is 14.9 Å². The standard InChI is InChI=1S/C13H18N2O3/c1-4-8-14(5-2)12-7-6-11(10(3)16)9-13(12)15(17)18/h6-7,9H,4-5,8H2,1-3H3. The first-order valence-corrected chi connectivity index (χ1v) is 6.05. The number of nitro groups is 1. The van der Waals surface area contributed by atoms with Gasteiger partial charge in [-0.15, -0.1) is 0 Å². The van der Waals surface area contributed by atoms with Crippen LogP contribution in [-0.2, 0) is 0 Å². The largest absolute Gasteiger partial charge is 0.366 e. The van der Waals surface area contributed by atoms with E-state index in [2.05, 4.69) is 0 Å². The topological polar surface area (TPSA) is 63.5 Å². The lowest BCUT2D eigenvalue weighted by atomic mass is 10.1. The fourth-order valence-corrected chi connectivity index (χ4v) is 1.87. The third-order valence-corrected chi connectivity index (χ3v) is 2.79. The minimum absolute atomic E-state index is 0.00185. The fraction of sp³-hybridized carbons (Fsp3) is 0.462. The Labute approximate surface area is 107 Å². The van der Waals surface area contributed by atoms with E-state index >= 15 is 0 Å². The van der Waals surface area contributed by atoms with Crippen molar-refractivity contribution in [1.29, 1.82) is 0 Å². The Morgan fingerprint density at radius 2 is 2.06 bits per heavy atom. The molecule has 0 aliphatic rings. The van der Waals surface area contributed by atoms with Crippen molar-refractivity contribution >= 4 is 17.2 Å². The van der Waals surface area contributed by atoms with Crippen LogP contribution >= 0.6 is 0 Å². The Kier molecular flexibility index (Phi) is 4.83. The van der Waals surface area contributed by atoms with Gasteiger partial charge in [0.15, 0.2) is 5.78 Å². The maximum Gasteiger partial charge on any atom is 0.293 e. The molecule has 1 aromatic rings. The van der Waals surface area contributed by atoms with Crippen LogP contribution in [0.5, 0.6) is 0 Å². The van der Waals surface area contributed by atoms with Gasteiger partial charge >= 0.3 is 0 Å². The van der Waals surface area contributed by atoms with Gasteiger partial charge in [-0.3, -0.25) is 14.9 Å². The number of anilines is 1. The molecule has 0 aliphatic carbocycles. The number of carbonyl (C=O) groups is 1. The molecule has 1 rings (SSSR count). The summed E-state index contributed by atoms with van der Waals surface area (Å²) in [4.78, 5) is 23.9. The van der Waals surface area contributed by atoms with Crippen LogP contribution in [0.3, 0.4) is 0 Å². The van der Waals surface area contributed by atoms with E-state index in [1.165, 1.54) is 13.0 Å². The van der Waals surface area contributed by atoms with Gasteiger partial charge in [0.2, 0.25) is 0 Å². The number of Topliss-reactive ketones (excluding diaryl/α,β-unsaturated/α-hetero) is 1. The predicted molar refractivity (Wildman–Crippen MR) is 71.3 cm³/mol. The van der Waals surface area contributed by atoms with Crippen LogP contribution in [0.2, 0.25) is 0 Å². The highest BCUT2D eigenvalue weighted by atomic mass is 16.6. The number of nitrogens with zero attached hydrogens (tertiary/aromatic N) is 2. The molecule has 0 saturated heterocycles. The molecule has 0 heterocycles. The summed E-state index contributed by atoms with van der Waals surface area (Å²) in [6.07, 6.45) is 0.916. The first-order valence-electron chi connectivity index (χ1n) is 6.05. The molecule has 5 heteroatoms. The average Bonchev–Trinajstić information content (AvgIpc) is 2.35. The Morgan fingerprint density at radius 1 is 1.39 bits per heavy atom. The smallest absolute Gasteiger partial charge is 0.293 e. The Balaban J connectivity index is 3.26. The molecule has 0 N–H and O–H groups in total. The van der Waals surface area contributed by atoms with E-state index < -0.39 is 4.92 Å². The van der Waals surface area contributed by atoms with Crippen LogP contribution in [0, 0.1) is 10.1 Å². The summed E-state index contributed by atoms with van der Waals surface area (Å²) in [5, 5.41) is 11.1. The summed E-state index contributed by atoms with van der Waals surface area (Å²) in [6.45, 7) is 6.85. The first-order chi connectivity index (χ1) is 8.51. The van der Waals surface area contributed by atoms with Gasteiger partial charge in [0, 0.05) is 24.7 Å². The van der Waals surface area contributed by atoms with Gasteiger partial charge in [0.25, 0.3) is 5.69 Å². The summed E-state index contributed by atoms with van der Waals surface area (Å²) >= 11 is 0. The quantitative estimate of drug-likeness (QED) is 0.442. The van der Waals surface area contributed by atoms with Crippen LogP contribution in [-0.4, -0.2) is 23.8 Å². The highest BCUT2D eigenvalue weighted by molar-refractivity contribution is 5.95. The molecular formula is C13H18N2O3. The number of ketones is 1. The van der Waals surface area contributed by atoms with E-state index in [4.69, 9.17) is 0 Å². The van der Waals surface area contributed by atoms with E-state index in [1.807, 2.05) is 18.7 Å². The van der Waals surface area contributed by atoms with Crippen molar-refractivity contribution in [2.45, 2.75) is 27.2 Å². The van der Waals surface area contributed by atoms with Gasteiger partial charge < -0.3 is 4.90 Å². The SMILES string of the molecule is CCCN(CC)c1ccc(C(C)=O)cc1[N+](=O)[O-]. The van der Waals surface area contributed by atoms with E-state index in [0.29, 0.717) is 17.8 Å². The zero-order valence-electron chi connectivity index (χ0n) is 11.0. The zero-order chi connectivity index (χ0) is 13.7. The predicted octanol–water partition coefficient (Wildman–Crippen LogP) is 3.03. The van der Waals surface area contributed by atoms with Crippen molar-refractivity contribution in [3.05, 3.63) is 33.9 Å². The summed E-state index contributed by atoms with van der Waals surface area (Å²) in [7, 11) is 0. The van der Waals surface area contributed by atoms with Crippen molar-refractivity contribution < 1.29 is 9.72 Å². The van der Waals surface area contributed by atoms with Gasteiger partial charge in [-0.1, -0.05) is 6.92 Å². The molecule has 0 radical (unpaired) electrons. The third-order valence-electron chi connectivity index (χ3n) is 2.79. The molecule has 0 saturated carbocycles. The number of benzene rings is 1. The monoisotopic (exact) mass is 250 g/mol. The maximum atomic E-state index is 11.3. The van der Waals surface area contributed by atoms with Crippen LogP contribution in [0.1, 0.15) is 37.6 Å². The van der Waals surface area contributed by atoms with Gasteiger partial charge in [0.05, 0.1) is 4.92 Å². The van der Waals surface area contributed by atoms with E-state index in [1.54, 1.807) is 12.1 Å². The molecular weight excluding hydrogens is 232 g/mol. The second-order valence-electron chi connectivity index (χ2n) is 4.10. The van der Waals surface area contributed by atoms with Crippen LogP contribution in [0.4, 0.5) is 11.4 Å². The fourth-order valence-electron chi connectivity index (χ4n) is 1.87. The minimum Gasteiger partial charge on any atom is -0.366 e. The first kappa shape index (κ1) is 14.2. The Bertz CT molecular complexity index is 458. The second kappa shape index (κ2) is 6.14. The minimum atomic E-state index is -0.430.